The lowest BCUT2D eigenvalue weighted by molar-refractivity contribution is 0.630. The second-order valence-corrected chi connectivity index (χ2v) is 6.71. The summed E-state index contributed by atoms with van der Waals surface area (Å²) < 4.78 is 0. The van der Waals surface area contributed by atoms with Gasteiger partial charge in [-0.2, -0.15) is 5.10 Å². The number of hydrogen-bond donors (Lipinski definition) is 0. The van der Waals surface area contributed by atoms with Crippen LogP contribution in [0.3, 0.4) is 0 Å². The minimum Gasteiger partial charge on any atom is -0.351 e. The van der Waals surface area contributed by atoms with Crippen molar-refractivity contribution >= 4 is 11.8 Å². The van der Waals surface area contributed by atoms with Gasteiger partial charge in [-0.15, -0.1) is 5.10 Å². The van der Waals surface area contributed by atoms with Crippen molar-refractivity contribution in [2.45, 2.75) is 19.8 Å². The molecule has 1 aliphatic rings. The molecule has 0 atom stereocenters. The van der Waals surface area contributed by atoms with Crippen LogP contribution in [0.2, 0.25) is 0 Å². The third-order valence-corrected chi connectivity index (χ3v) is 4.83. The van der Waals surface area contributed by atoms with Crippen molar-refractivity contribution in [3.63, 3.8) is 0 Å². The quantitative estimate of drug-likeness (QED) is 0.696. The highest BCUT2D eigenvalue weighted by Crippen LogP contribution is 2.30. The molecule has 0 aliphatic carbocycles. The molecule has 0 N–H and O–H groups in total. The van der Waals surface area contributed by atoms with Crippen molar-refractivity contribution in [1.82, 2.24) is 20.2 Å². The van der Waals surface area contributed by atoms with Gasteiger partial charge in [0.2, 0.25) is 5.95 Å². The first-order valence-electron chi connectivity index (χ1n) is 9.54. The second kappa shape index (κ2) is 8.12. The number of anilines is 2. The predicted octanol–water partition coefficient (Wildman–Crippen LogP) is 3.21. The molecule has 3 aromatic rings. The van der Waals surface area contributed by atoms with E-state index in [4.69, 9.17) is 0 Å². The molecule has 0 amide bonds. The van der Waals surface area contributed by atoms with Gasteiger partial charge in [-0.3, -0.25) is 0 Å². The van der Waals surface area contributed by atoms with Crippen LogP contribution in [0.5, 0.6) is 0 Å². The van der Waals surface area contributed by atoms with Crippen molar-refractivity contribution in [3.8, 4) is 11.1 Å². The molecule has 27 heavy (non-hydrogen) atoms. The van der Waals surface area contributed by atoms with E-state index in [2.05, 4.69) is 67.2 Å². The Morgan fingerprint density at radius 1 is 0.852 bits per heavy atom. The van der Waals surface area contributed by atoms with Crippen LogP contribution >= 0.6 is 0 Å². The summed E-state index contributed by atoms with van der Waals surface area (Å²) in [6.45, 7) is 5.66. The molecule has 1 fully saturated rings. The summed E-state index contributed by atoms with van der Waals surface area (Å²) in [4.78, 5) is 13.3. The highest BCUT2D eigenvalue weighted by molar-refractivity contribution is 5.76. The van der Waals surface area contributed by atoms with Gasteiger partial charge in [0.1, 0.15) is 0 Å². The average molecular weight is 360 g/mol. The molecule has 3 heterocycles. The first-order valence-corrected chi connectivity index (χ1v) is 9.54. The number of benzene rings is 1. The number of aromatic nitrogens is 4. The van der Waals surface area contributed by atoms with E-state index in [1.807, 2.05) is 12.1 Å². The second-order valence-electron chi connectivity index (χ2n) is 6.71. The largest absolute Gasteiger partial charge is 0.351 e. The summed E-state index contributed by atoms with van der Waals surface area (Å²) in [5.41, 5.74) is 3.41. The topological polar surface area (TPSA) is 58.0 Å². The van der Waals surface area contributed by atoms with E-state index in [0.717, 1.165) is 56.5 Å². The number of aryl methyl sites for hydroxylation is 1. The van der Waals surface area contributed by atoms with E-state index < -0.39 is 0 Å². The van der Waals surface area contributed by atoms with E-state index >= 15 is 0 Å². The van der Waals surface area contributed by atoms with Gasteiger partial charge in [0, 0.05) is 44.1 Å². The van der Waals surface area contributed by atoms with Gasteiger partial charge in [0.05, 0.1) is 5.69 Å². The number of rotatable bonds is 5. The van der Waals surface area contributed by atoms with Crippen LogP contribution in [0.15, 0.2) is 54.9 Å². The van der Waals surface area contributed by atoms with Gasteiger partial charge in [-0.05, 0) is 24.1 Å². The van der Waals surface area contributed by atoms with Crippen molar-refractivity contribution in [2.24, 2.45) is 0 Å². The third kappa shape index (κ3) is 3.89. The summed E-state index contributed by atoms with van der Waals surface area (Å²) in [5, 5.41) is 9.10. The molecule has 1 aliphatic heterocycles. The predicted molar refractivity (Wildman–Crippen MR) is 108 cm³/mol. The fraction of sp³-hybridized carbons (Fsp3) is 0.333. The summed E-state index contributed by atoms with van der Waals surface area (Å²) in [7, 11) is 0. The third-order valence-electron chi connectivity index (χ3n) is 4.83. The molecule has 2 aromatic heterocycles. The monoisotopic (exact) mass is 360 g/mol. The van der Waals surface area contributed by atoms with E-state index in [9.17, 15) is 0 Å². The molecule has 1 aromatic carbocycles. The maximum absolute atomic E-state index is 4.62. The molecular weight excluding hydrogens is 336 g/mol. The van der Waals surface area contributed by atoms with E-state index in [1.165, 1.54) is 11.1 Å². The Bertz CT molecular complexity index is 860. The maximum atomic E-state index is 4.62. The van der Waals surface area contributed by atoms with Gasteiger partial charge >= 0.3 is 0 Å². The van der Waals surface area contributed by atoms with E-state index in [0.29, 0.717) is 0 Å². The minimum atomic E-state index is 0.796. The Labute approximate surface area is 159 Å². The molecule has 0 saturated carbocycles. The number of hydrogen-bond acceptors (Lipinski definition) is 6. The Kier molecular flexibility index (Phi) is 5.23. The van der Waals surface area contributed by atoms with Crippen LogP contribution in [-0.4, -0.2) is 46.3 Å². The molecule has 0 unspecified atom stereocenters. The normalized spacial score (nSPS) is 14.4. The van der Waals surface area contributed by atoms with Crippen molar-refractivity contribution < 1.29 is 0 Å². The molecule has 1 saturated heterocycles. The molecular formula is C21H24N6. The molecule has 6 nitrogen and oxygen atoms in total. The molecule has 0 spiro atoms. The molecule has 138 valence electrons. The lowest BCUT2D eigenvalue weighted by Gasteiger charge is -2.36. The first-order chi connectivity index (χ1) is 13.3. The summed E-state index contributed by atoms with van der Waals surface area (Å²) in [5.74, 6) is 1.76. The highest BCUT2D eigenvalue weighted by Gasteiger charge is 2.23. The molecule has 4 rings (SSSR count). The molecule has 6 heteroatoms. The van der Waals surface area contributed by atoms with Crippen LogP contribution in [-0.2, 0) is 6.42 Å². The standard InChI is InChI=1S/C21H24N6/c1-2-7-18-16-19(17-8-4-3-5-9-17)20(25-24-18)26-12-14-27(15-13-26)21-22-10-6-11-23-21/h3-6,8-11,16H,2,7,12-15H2,1H3. The van der Waals surface area contributed by atoms with Crippen LogP contribution < -0.4 is 9.80 Å². The summed E-state index contributed by atoms with van der Waals surface area (Å²) >= 11 is 0. The number of nitrogens with zero attached hydrogens (tertiary/aromatic N) is 6. The molecule has 0 bridgehead atoms. The highest BCUT2D eigenvalue weighted by atomic mass is 15.3. The van der Waals surface area contributed by atoms with Crippen molar-refractivity contribution in [3.05, 3.63) is 60.6 Å². The Hall–Kier alpha value is -3.02. The Morgan fingerprint density at radius 3 is 2.26 bits per heavy atom. The average Bonchev–Trinajstić information content (AvgIpc) is 2.75. The lowest BCUT2D eigenvalue weighted by Crippen LogP contribution is -2.47. The van der Waals surface area contributed by atoms with Gasteiger partial charge in [-0.1, -0.05) is 43.7 Å². The zero-order chi connectivity index (χ0) is 18.5. The zero-order valence-electron chi connectivity index (χ0n) is 15.6. The summed E-state index contributed by atoms with van der Waals surface area (Å²) in [6.07, 6.45) is 5.60. The van der Waals surface area contributed by atoms with Crippen molar-refractivity contribution in [1.29, 1.82) is 0 Å². The minimum absolute atomic E-state index is 0.796. The van der Waals surface area contributed by atoms with Gasteiger partial charge < -0.3 is 9.80 Å². The van der Waals surface area contributed by atoms with Gasteiger partial charge in [-0.25, -0.2) is 9.97 Å². The SMILES string of the molecule is CCCc1cc(-c2ccccc2)c(N2CCN(c3ncccn3)CC2)nn1. The molecule has 0 radical (unpaired) electrons. The van der Waals surface area contributed by atoms with Gasteiger partial charge in [0.15, 0.2) is 5.82 Å². The zero-order valence-corrected chi connectivity index (χ0v) is 15.6. The van der Waals surface area contributed by atoms with Crippen LogP contribution in [0, 0.1) is 0 Å². The van der Waals surface area contributed by atoms with Crippen molar-refractivity contribution in [2.75, 3.05) is 36.0 Å². The Balaban J connectivity index is 1.58. The van der Waals surface area contributed by atoms with E-state index in [-0.39, 0.29) is 0 Å². The Morgan fingerprint density at radius 2 is 1.56 bits per heavy atom. The fourth-order valence-electron chi connectivity index (χ4n) is 3.44. The lowest BCUT2D eigenvalue weighted by atomic mass is 10.0. The van der Waals surface area contributed by atoms with E-state index in [1.54, 1.807) is 12.4 Å². The smallest absolute Gasteiger partial charge is 0.225 e. The van der Waals surface area contributed by atoms with Crippen LogP contribution in [0.1, 0.15) is 19.0 Å². The maximum Gasteiger partial charge on any atom is 0.225 e. The van der Waals surface area contributed by atoms with Crippen LogP contribution in [0.4, 0.5) is 11.8 Å². The van der Waals surface area contributed by atoms with Crippen LogP contribution in [0.25, 0.3) is 11.1 Å². The van der Waals surface area contributed by atoms with Gasteiger partial charge in [0.25, 0.3) is 0 Å². The fourth-order valence-corrected chi connectivity index (χ4v) is 3.44. The number of piperazine rings is 1. The summed E-state index contributed by atoms with van der Waals surface area (Å²) in [6, 6.07) is 14.5. The first kappa shape index (κ1) is 17.4.